The third-order valence-corrected chi connectivity index (χ3v) is 15.0. The number of ether oxygens (including phenoxy) is 2. The zero-order valence-corrected chi connectivity index (χ0v) is 49.3. The van der Waals surface area contributed by atoms with Crippen LogP contribution in [0.4, 0.5) is 0 Å². The summed E-state index contributed by atoms with van der Waals surface area (Å²) in [6.45, 7) is 3.68. The fourth-order valence-electron chi connectivity index (χ4n) is 9.99. The summed E-state index contributed by atoms with van der Waals surface area (Å²) < 4.78 is 11.3. The van der Waals surface area contributed by atoms with Crippen molar-refractivity contribution in [1.82, 2.24) is 5.32 Å². The molecule has 1 heterocycles. The van der Waals surface area contributed by atoms with Gasteiger partial charge in [-0.05, 0) is 70.6 Å². The number of rotatable bonds is 55. The van der Waals surface area contributed by atoms with Crippen molar-refractivity contribution < 1.29 is 39.8 Å². The molecule has 1 fully saturated rings. The van der Waals surface area contributed by atoms with Crippen molar-refractivity contribution in [1.29, 1.82) is 0 Å². The van der Waals surface area contributed by atoms with E-state index in [-0.39, 0.29) is 12.5 Å². The normalized spacial score (nSPS) is 19.3. The SMILES string of the molecule is CC/C=C\C/C=C\C/C=C\C/C=C\CCCCCCCCCCCCCCCCCCCCC(=O)NC(COC1OC(CO)C(O)C(O)C1O)C(O)/C=C/CC/C=C/CCCCCCCCCCCCCCCCCC. The molecule has 0 aromatic heterocycles. The maximum Gasteiger partial charge on any atom is 0.220 e. The van der Waals surface area contributed by atoms with E-state index in [2.05, 4.69) is 79.9 Å². The lowest BCUT2D eigenvalue weighted by Crippen LogP contribution is -2.60. The van der Waals surface area contributed by atoms with Crippen molar-refractivity contribution >= 4 is 5.91 Å². The Kier molecular flexibility index (Phi) is 52.7. The van der Waals surface area contributed by atoms with Crippen molar-refractivity contribution in [2.24, 2.45) is 0 Å². The molecule has 6 N–H and O–H groups in total. The average molecular weight is 1070 g/mol. The number of hydrogen-bond acceptors (Lipinski definition) is 8. The van der Waals surface area contributed by atoms with Crippen LogP contribution in [-0.4, -0.2) is 87.5 Å². The van der Waals surface area contributed by atoms with E-state index in [4.69, 9.17) is 9.47 Å². The van der Waals surface area contributed by atoms with Crippen molar-refractivity contribution in [2.75, 3.05) is 13.2 Å². The van der Waals surface area contributed by atoms with Crippen LogP contribution in [0.3, 0.4) is 0 Å². The topological polar surface area (TPSA) is 149 Å². The Bertz CT molecular complexity index is 1420. The molecule has 0 spiro atoms. The van der Waals surface area contributed by atoms with Crippen molar-refractivity contribution in [3.63, 3.8) is 0 Å². The maximum absolute atomic E-state index is 13.1. The van der Waals surface area contributed by atoms with Gasteiger partial charge in [0.1, 0.15) is 24.4 Å². The first-order valence-electron chi connectivity index (χ1n) is 32.2. The molecule has 442 valence electrons. The van der Waals surface area contributed by atoms with E-state index < -0.39 is 49.5 Å². The second-order valence-corrected chi connectivity index (χ2v) is 22.2. The van der Waals surface area contributed by atoms with Crippen LogP contribution >= 0.6 is 0 Å². The monoisotopic (exact) mass is 1070 g/mol. The van der Waals surface area contributed by atoms with Crippen molar-refractivity contribution in [3.05, 3.63) is 72.9 Å². The van der Waals surface area contributed by atoms with E-state index in [1.807, 2.05) is 6.08 Å². The first-order chi connectivity index (χ1) is 37.3. The molecule has 1 rings (SSSR count). The summed E-state index contributed by atoms with van der Waals surface area (Å²) in [6.07, 6.45) is 71.3. The van der Waals surface area contributed by atoms with Crippen LogP contribution in [-0.2, 0) is 14.3 Å². The molecule has 0 aromatic rings. The van der Waals surface area contributed by atoms with Gasteiger partial charge in [-0.15, -0.1) is 0 Å². The molecule has 0 saturated carbocycles. The Hall–Kier alpha value is -2.37. The third kappa shape index (κ3) is 44.5. The largest absolute Gasteiger partial charge is 0.394 e. The summed E-state index contributed by atoms with van der Waals surface area (Å²) in [5.74, 6) is -0.184. The molecular weight excluding hydrogens is 947 g/mol. The van der Waals surface area contributed by atoms with Crippen LogP contribution in [0, 0.1) is 0 Å². The van der Waals surface area contributed by atoms with Gasteiger partial charge in [0.15, 0.2) is 6.29 Å². The molecular formula is C67H121NO8. The Morgan fingerprint density at radius 1 is 0.461 bits per heavy atom. The zero-order chi connectivity index (χ0) is 55.0. The number of carbonyl (C=O) groups is 1. The lowest BCUT2D eigenvalue weighted by atomic mass is 9.99. The minimum absolute atomic E-state index is 0.184. The Morgan fingerprint density at radius 3 is 1.26 bits per heavy atom. The predicted octanol–water partition coefficient (Wildman–Crippen LogP) is 16.8. The number of allylic oxidation sites excluding steroid dienone is 11. The fourth-order valence-corrected chi connectivity index (χ4v) is 9.99. The van der Waals surface area contributed by atoms with Crippen LogP contribution in [0.5, 0.6) is 0 Å². The fraction of sp³-hybridized carbons (Fsp3) is 0.806. The first kappa shape index (κ1) is 71.6. The smallest absolute Gasteiger partial charge is 0.220 e. The summed E-state index contributed by atoms with van der Waals surface area (Å²) in [6, 6.07) is -0.824. The number of aliphatic hydroxyl groups excluding tert-OH is 5. The minimum atomic E-state index is -1.57. The molecule has 9 heteroatoms. The second-order valence-electron chi connectivity index (χ2n) is 22.2. The van der Waals surface area contributed by atoms with Crippen LogP contribution in [0.25, 0.3) is 0 Å². The predicted molar refractivity (Wildman–Crippen MR) is 322 cm³/mol. The molecule has 7 unspecified atom stereocenters. The summed E-state index contributed by atoms with van der Waals surface area (Å²) in [4.78, 5) is 13.1. The van der Waals surface area contributed by atoms with Crippen LogP contribution in [0.1, 0.15) is 290 Å². The maximum atomic E-state index is 13.1. The Morgan fingerprint density at radius 2 is 0.829 bits per heavy atom. The number of unbranched alkanes of at least 4 members (excludes halogenated alkanes) is 35. The summed E-state index contributed by atoms with van der Waals surface area (Å²) in [5, 5.41) is 54.6. The van der Waals surface area contributed by atoms with Crippen LogP contribution in [0.15, 0.2) is 72.9 Å². The molecule has 0 aromatic carbocycles. The van der Waals surface area contributed by atoms with E-state index >= 15 is 0 Å². The molecule has 76 heavy (non-hydrogen) atoms. The van der Waals surface area contributed by atoms with Gasteiger partial charge in [0.2, 0.25) is 5.91 Å². The summed E-state index contributed by atoms with van der Waals surface area (Å²) in [7, 11) is 0. The summed E-state index contributed by atoms with van der Waals surface area (Å²) >= 11 is 0. The molecule has 0 radical (unpaired) electrons. The van der Waals surface area contributed by atoms with Gasteiger partial charge in [-0.3, -0.25) is 4.79 Å². The highest BCUT2D eigenvalue weighted by molar-refractivity contribution is 5.76. The standard InChI is InChI=1S/C67H121NO8/c1-3-5-7-9-11-13-15-17-19-21-23-25-27-28-29-30-31-32-33-34-35-37-39-41-43-45-47-49-51-53-55-57-63(71)68-60(59-75-67-66(74)65(73)64(72)62(58-69)76-67)61(70)56-54-52-50-48-46-44-42-40-38-36-26-24-22-20-18-16-14-12-10-8-6-4-2/h5,7,11,13,17,19,23,25,46,48,54,56,60-62,64-67,69-70,72-74H,3-4,6,8-10,12,14-16,18,20-22,24,26-45,47,49-53,55,57-59H2,1-2H3,(H,68,71)/b7-5-,13-11-,19-17-,25-23-,48-46+,56-54+. The number of hydrogen-bond donors (Lipinski definition) is 6. The molecule has 7 atom stereocenters. The van der Waals surface area contributed by atoms with Gasteiger partial charge < -0.3 is 40.3 Å². The van der Waals surface area contributed by atoms with Gasteiger partial charge in [-0.25, -0.2) is 0 Å². The summed E-state index contributed by atoms with van der Waals surface area (Å²) in [5.41, 5.74) is 0. The van der Waals surface area contributed by atoms with Gasteiger partial charge in [-0.2, -0.15) is 0 Å². The van der Waals surface area contributed by atoms with Gasteiger partial charge >= 0.3 is 0 Å². The lowest BCUT2D eigenvalue weighted by Gasteiger charge is -2.40. The van der Waals surface area contributed by atoms with Crippen molar-refractivity contribution in [2.45, 2.75) is 333 Å². The molecule has 1 aliphatic rings. The van der Waals surface area contributed by atoms with Gasteiger partial charge in [0.25, 0.3) is 0 Å². The molecule has 1 aliphatic heterocycles. The first-order valence-corrected chi connectivity index (χ1v) is 32.2. The van der Waals surface area contributed by atoms with E-state index in [1.54, 1.807) is 6.08 Å². The van der Waals surface area contributed by atoms with E-state index in [1.165, 1.54) is 205 Å². The number of carbonyl (C=O) groups excluding carboxylic acids is 1. The highest BCUT2D eigenvalue weighted by Gasteiger charge is 2.44. The van der Waals surface area contributed by atoms with Gasteiger partial charge in [-0.1, -0.05) is 286 Å². The molecule has 0 aliphatic carbocycles. The van der Waals surface area contributed by atoms with Crippen LogP contribution < -0.4 is 5.32 Å². The Labute approximate surface area is 468 Å². The zero-order valence-electron chi connectivity index (χ0n) is 49.3. The second kappa shape index (κ2) is 55.9. The third-order valence-electron chi connectivity index (χ3n) is 15.0. The molecule has 0 bridgehead atoms. The number of aliphatic hydroxyl groups is 5. The van der Waals surface area contributed by atoms with E-state index in [0.29, 0.717) is 6.42 Å². The van der Waals surface area contributed by atoms with E-state index in [0.717, 1.165) is 64.2 Å². The average Bonchev–Trinajstić information content (AvgIpc) is 3.42. The Balaban J connectivity index is 2.17. The lowest BCUT2D eigenvalue weighted by molar-refractivity contribution is -0.302. The minimum Gasteiger partial charge on any atom is -0.394 e. The quantitative estimate of drug-likeness (QED) is 0.0261. The van der Waals surface area contributed by atoms with Crippen molar-refractivity contribution in [3.8, 4) is 0 Å². The number of amides is 1. The van der Waals surface area contributed by atoms with Crippen LogP contribution in [0.2, 0.25) is 0 Å². The molecule has 9 nitrogen and oxygen atoms in total. The van der Waals surface area contributed by atoms with Gasteiger partial charge in [0, 0.05) is 6.42 Å². The molecule has 1 saturated heterocycles. The highest BCUT2D eigenvalue weighted by atomic mass is 16.7. The highest BCUT2D eigenvalue weighted by Crippen LogP contribution is 2.23. The molecule has 1 amide bonds. The van der Waals surface area contributed by atoms with E-state index in [9.17, 15) is 30.3 Å². The number of nitrogens with one attached hydrogen (secondary N) is 1. The van der Waals surface area contributed by atoms with Gasteiger partial charge in [0.05, 0.1) is 25.4 Å².